The van der Waals surface area contributed by atoms with E-state index in [-0.39, 0.29) is 6.10 Å². The summed E-state index contributed by atoms with van der Waals surface area (Å²) >= 11 is 6.13. The zero-order chi connectivity index (χ0) is 11.6. The van der Waals surface area contributed by atoms with Crippen LogP contribution in [0.2, 0.25) is 5.02 Å². The molecule has 1 aromatic rings. The van der Waals surface area contributed by atoms with Crippen LogP contribution in [0.15, 0.2) is 24.3 Å². The van der Waals surface area contributed by atoms with Crippen LogP contribution in [0.3, 0.4) is 0 Å². The molecule has 1 fully saturated rings. The van der Waals surface area contributed by atoms with Crippen molar-refractivity contribution in [2.45, 2.75) is 25.2 Å². The zero-order valence-corrected chi connectivity index (χ0v) is 10.0. The Labute approximate surface area is 100 Å². The monoisotopic (exact) mass is 241 g/mol. The Morgan fingerprint density at radius 3 is 2.94 bits per heavy atom. The van der Waals surface area contributed by atoms with Crippen molar-refractivity contribution in [3.63, 3.8) is 0 Å². The molecule has 3 nitrogen and oxygen atoms in total. The van der Waals surface area contributed by atoms with Gasteiger partial charge in [-0.15, -0.1) is 0 Å². The van der Waals surface area contributed by atoms with E-state index >= 15 is 0 Å². The van der Waals surface area contributed by atoms with Gasteiger partial charge in [0.2, 0.25) is 0 Å². The van der Waals surface area contributed by atoms with Gasteiger partial charge >= 0.3 is 0 Å². The summed E-state index contributed by atoms with van der Waals surface area (Å²) in [4.78, 5) is 0. The Morgan fingerprint density at radius 1 is 1.50 bits per heavy atom. The van der Waals surface area contributed by atoms with Crippen LogP contribution in [-0.4, -0.2) is 19.3 Å². The molecule has 0 aliphatic carbocycles. The van der Waals surface area contributed by atoms with Gasteiger partial charge in [-0.3, -0.25) is 0 Å². The lowest BCUT2D eigenvalue weighted by molar-refractivity contribution is -0.162. The minimum atomic E-state index is -0.738. The Balaban J connectivity index is 2.18. The Morgan fingerprint density at radius 2 is 2.25 bits per heavy atom. The van der Waals surface area contributed by atoms with E-state index in [1.54, 1.807) is 0 Å². The summed E-state index contributed by atoms with van der Waals surface area (Å²) in [7, 11) is 0. The number of nitrogens with two attached hydrogens (primary N) is 1. The molecule has 1 aliphatic rings. The van der Waals surface area contributed by atoms with Gasteiger partial charge < -0.3 is 15.2 Å². The summed E-state index contributed by atoms with van der Waals surface area (Å²) < 4.78 is 11.6. The lowest BCUT2D eigenvalue weighted by Crippen LogP contribution is -2.25. The van der Waals surface area contributed by atoms with Crippen molar-refractivity contribution in [2.24, 2.45) is 5.73 Å². The largest absolute Gasteiger partial charge is 0.343 e. The standard InChI is InChI=1S/C12H16ClNO2/c1-12(10-4-2-3-5-11(10)13)15-8-9(16-12)6-7-14/h2-5,9H,6-8,14H2,1H3. The highest BCUT2D eigenvalue weighted by Crippen LogP contribution is 2.37. The number of rotatable bonds is 3. The summed E-state index contributed by atoms with van der Waals surface area (Å²) in [6.45, 7) is 3.07. The van der Waals surface area contributed by atoms with Gasteiger partial charge in [-0.05, 0) is 26.0 Å². The van der Waals surface area contributed by atoms with E-state index in [0.29, 0.717) is 18.2 Å². The molecular formula is C12H16ClNO2. The highest BCUT2D eigenvalue weighted by Gasteiger charge is 2.39. The van der Waals surface area contributed by atoms with Crippen LogP contribution in [0.1, 0.15) is 18.9 Å². The predicted octanol–water partition coefficient (Wildman–Crippen LogP) is 2.28. The fourth-order valence-corrected chi connectivity index (χ4v) is 2.24. The summed E-state index contributed by atoms with van der Waals surface area (Å²) in [5.74, 6) is -0.738. The molecule has 2 rings (SSSR count). The lowest BCUT2D eigenvalue weighted by Gasteiger charge is -2.24. The third-order valence-electron chi connectivity index (χ3n) is 2.79. The third kappa shape index (κ3) is 2.23. The maximum absolute atomic E-state index is 6.13. The third-order valence-corrected chi connectivity index (χ3v) is 3.12. The van der Waals surface area contributed by atoms with Crippen LogP contribution in [0.5, 0.6) is 0 Å². The molecule has 1 heterocycles. The lowest BCUT2D eigenvalue weighted by atomic mass is 10.1. The van der Waals surface area contributed by atoms with Crippen molar-refractivity contribution < 1.29 is 9.47 Å². The molecule has 0 spiro atoms. The Bertz CT molecular complexity index is 372. The molecule has 16 heavy (non-hydrogen) atoms. The summed E-state index contributed by atoms with van der Waals surface area (Å²) in [5.41, 5.74) is 6.38. The van der Waals surface area contributed by atoms with E-state index in [9.17, 15) is 0 Å². The topological polar surface area (TPSA) is 44.5 Å². The van der Waals surface area contributed by atoms with Crippen molar-refractivity contribution in [1.29, 1.82) is 0 Å². The van der Waals surface area contributed by atoms with Gasteiger partial charge in [0, 0.05) is 10.6 Å². The normalized spacial score (nSPS) is 29.6. The smallest absolute Gasteiger partial charge is 0.193 e. The van der Waals surface area contributed by atoms with Gasteiger partial charge in [0.15, 0.2) is 5.79 Å². The van der Waals surface area contributed by atoms with Gasteiger partial charge in [0.05, 0.1) is 12.7 Å². The number of halogens is 1. The summed E-state index contributed by atoms with van der Waals surface area (Å²) in [6, 6.07) is 7.58. The molecule has 4 heteroatoms. The number of hydrogen-bond acceptors (Lipinski definition) is 3. The minimum absolute atomic E-state index is 0.0614. The zero-order valence-electron chi connectivity index (χ0n) is 9.28. The van der Waals surface area contributed by atoms with Crippen LogP contribution in [-0.2, 0) is 15.3 Å². The van der Waals surface area contributed by atoms with Crippen molar-refractivity contribution in [1.82, 2.24) is 0 Å². The first-order valence-corrected chi connectivity index (χ1v) is 5.80. The van der Waals surface area contributed by atoms with Crippen molar-refractivity contribution in [3.05, 3.63) is 34.9 Å². The molecule has 2 N–H and O–H groups in total. The van der Waals surface area contributed by atoms with Crippen LogP contribution in [0.25, 0.3) is 0 Å². The molecular weight excluding hydrogens is 226 g/mol. The molecule has 0 saturated carbocycles. The molecule has 0 radical (unpaired) electrons. The van der Waals surface area contributed by atoms with E-state index in [1.807, 2.05) is 31.2 Å². The van der Waals surface area contributed by atoms with Crippen LogP contribution in [0.4, 0.5) is 0 Å². The van der Waals surface area contributed by atoms with Gasteiger partial charge in [-0.1, -0.05) is 29.8 Å². The quantitative estimate of drug-likeness (QED) is 0.883. The molecule has 88 valence electrons. The van der Waals surface area contributed by atoms with E-state index in [4.69, 9.17) is 26.8 Å². The second-order valence-electron chi connectivity index (χ2n) is 4.05. The molecule has 0 bridgehead atoms. The SMILES string of the molecule is CC1(c2ccccc2Cl)OCC(CCN)O1. The van der Waals surface area contributed by atoms with Gasteiger partial charge in [0.1, 0.15) is 0 Å². The first-order valence-electron chi connectivity index (χ1n) is 5.42. The second kappa shape index (κ2) is 4.72. The molecule has 1 aromatic carbocycles. The average molecular weight is 242 g/mol. The second-order valence-corrected chi connectivity index (χ2v) is 4.46. The molecule has 0 amide bonds. The maximum atomic E-state index is 6.13. The highest BCUT2D eigenvalue weighted by molar-refractivity contribution is 6.31. The van der Waals surface area contributed by atoms with E-state index in [0.717, 1.165) is 12.0 Å². The molecule has 1 saturated heterocycles. The van der Waals surface area contributed by atoms with Gasteiger partial charge in [-0.25, -0.2) is 0 Å². The predicted molar refractivity (Wildman–Crippen MR) is 63.3 cm³/mol. The fourth-order valence-electron chi connectivity index (χ4n) is 1.94. The number of hydrogen-bond donors (Lipinski definition) is 1. The Hall–Kier alpha value is -0.610. The highest BCUT2D eigenvalue weighted by atomic mass is 35.5. The minimum Gasteiger partial charge on any atom is -0.343 e. The van der Waals surface area contributed by atoms with E-state index < -0.39 is 5.79 Å². The van der Waals surface area contributed by atoms with Crippen molar-refractivity contribution in [2.75, 3.05) is 13.2 Å². The van der Waals surface area contributed by atoms with Crippen LogP contribution >= 0.6 is 11.6 Å². The van der Waals surface area contributed by atoms with Gasteiger partial charge in [0.25, 0.3) is 0 Å². The number of benzene rings is 1. The molecule has 2 unspecified atom stereocenters. The fraction of sp³-hybridized carbons (Fsp3) is 0.500. The molecule has 0 aromatic heterocycles. The van der Waals surface area contributed by atoms with E-state index in [1.165, 1.54) is 0 Å². The van der Waals surface area contributed by atoms with Crippen molar-refractivity contribution in [3.8, 4) is 0 Å². The average Bonchev–Trinajstić information content (AvgIpc) is 2.62. The summed E-state index contributed by atoms with van der Waals surface area (Å²) in [5, 5.41) is 0.665. The van der Waals surface area contributed by atoms with Crippen LogP contribution < -0.4 is 5.73 Å². The van der Waals surface area contributed by atoms with Crippen LogP contribution in [0, 0.1) is 0 Å². The van der Waals surface area contributed by atoms with Crippen molar-refractivity contribution >= 4 is 11.6 Å². The maximum Gasteiger partial charge on any atom is 0.193 e. The first kappa shape index (κ1) is 11.9. The first-order chi connectivity index (χ1) is 7.65. The van der Waals surface area contributed by atoms with Gasteiger partial charge in [-0.2, -0.15) is 0 Å². The Kier molecular flexibility index (Phi) is 3.50. The van der Waals surface area contributed by atoms with E-state index in [2.05, 4.69) is 0 Å². The number of ether oxygens (including phenoxy) is 2. The summed E-state index contributed by atoms with van der Waals surface area (Å²) in [6.07, 6.45) is 0.867. The molecule has 1 aliphatic heterocycles. The molecule has 2 atom stereocenters.